The van der Waals surface area contributed by atoms with Crippen molar-refractivity contribution >= 4 is 43.0 Å². The molecule has 1 aliphatic rings. The van der Waals surface area contributed by atoms with Gasteiger partial charge in [-0.3, -0.25) is 9.59 Å². The van der Waals surface area contributed by atoms with Gasteiger partial charge in [0.15, 0.2) is 17.5 Å². The van der Waals surface area contributed by atoms with E-state index in [9.17, 15) is 23.3 Å². The number of ketones is 2. The molecule has 3 aromatic carbocycles. The fourth-order valence-corrected chi connectivity index (χ4v) is 6.33. The number of nitrogens with zero attached hydrogens (tertiary/aromatic N) is 2. The topological polar surface area (TPSA) is 105 Å². The molecule has 4 aromatic rings. The Morgan fingerprint density at radius 3 is 2.45 bits per heavy atom. The van der Waals surface area contributed by atoms with Crippen molar-refractivity contribution in [3.8, 4) is 6.07 Å². The molecule has 0 aliphatic carbocycles. The molecule has 150 valence electrons. The number of fused-ring (bicyclic) bond motifs is 3. The van der Waals surface area contributed by atoms with Crippen LogP contribution in [0.1, 0.15) is 37.2 Å². The molecule has 0 fully saturated rings. The van der Waals surface area contributed by atoms with Crippen molar-refractivity contribution in [2.75, 3.05) is 0 Å². The van der Waals surface area contributed by atoms with E-state index in [2.05, 4.69) is 4.98 Å². The number of nitriles is 1. The zero-order valence-electron chi connectivity index (χ0n) is 15.8. The first-order chi connectivity index (χ1) is 14.9. The van der Waals surface area contributed by atoms with E-state index in [-0.39, 0.29) is 26.5 Å². The Morgan fingerprint density at radius 1 is 0.968 bits per heavy atom. The normalized spacial score (nSPS) is 15.0. The van der Waals surface area contributed by atoms with Gasteiger partial charge in [-0.2, -0.15) is 5.26 Å². The Labute approximate surface area is 181 Å². The largest absolute Gasteiger partial charge is 0.292 e. The number of carbonyl (C=O) groups is 2. The van der Waals surface area contributed by atoms with Crippen LogP contribution in [-0.2, 0) is 9.84 Å². The molecule has 0 N–H and O–H groups in total. The minimum absolute atomic E-state index is 0.0174. The summed E-state index contributed by atoms with van der Waals surface area (Å²) in [4.78, 5) is 30.0. The zero-order chi connectivity index (χ0) is 21.8. The minimum Gasteiger partial charge on any atom is -0.292 e. The van der Waals surface area contributed by atoms with Crippen LogP contribution in [0.25, 0.3) is 10.2 Å². The van der Waals surface area contributed by atoms with E-state index in [4.69, 9.17) is 0 Å². The van der Waals surface area contributed by atoms with Gasteiger partial charge in [-0.05, 0) is 36.4 Å². The van der Waals surface area contributed by atoms with Crippen molar-refractivity contribution < 1.29 is 18.0 Å². The van der Waals surface area contributed by atoms with Crippen molar-refractivity contribution in [3.05, 3.63) is 88.4 Å². The molecule has 0 saturated carbocycles. The number of para-hydroxylation sites is 1. The first-order valence-corrected chi connectivity index (χ1v) is 11.5. The lowest BCUT2D eigenvalue weighted by atomic mass is 9.96. The van der Waals surface area contributed by atoms with Gasteiger partial charge in [0.2, 0.25) is 9.84 Å². The lowest BCUT2D eigenvalue weighted by Gasteiger charge is -2.19. The van der Waals surface area contributed by atoms with Crippen molar-refractivity contribution in [1.82, 2.24) is 4.98 Å². The molecular weight excluding hydrogens is 432 g/mol. The van der Waals surface area contributed by atoms with Gasteiger partial charge < -0.3 is 0 Å². The van der Waals surface area contributed by atoms with Crippen LogP contribution in [0.15, 0.2) is 76.5 Å². The smallest absolute Gasteiger partial charge is 0.208 e. The molecule has 6 nitrogen and oxygen atoms in total. The van der Waals surface area contributed by atoms with Gasteiger partial charge in [0.05, 0.1) is 26.1 Å². The van der Waals surface area contributed by atoms with Crippen LogP contribution in [0.3, 0.4) is 0 Å². The van der Waals surface area contributed by atoms with Crippen LogP contribution in [0, 0.1) is 11.3 Å². The van der Waals surface area contributed by atoms with Crippen molar-refractivity contribution in [2.24, 2.45) is 0 Å². The molecule has 31 heavy (non-hydrogen) atoms. The fourth-order valence-electron chi connectivity index (χ4n) is 3.64. The predicted molar refractivity (Wildman–Crippen MR) is 114 cm³/mol. The summed E-state index contributed by atoms with van der Waals surface area (Å²) in [7, 11) is -3.98. The molecule has 0 radical (unpaired) electrons. The SMILES string of the molecule is N#CC(C(=O)c1ccc2c(c1)S(=O)(=O)c1ccccc1C2=O)c1nc2ccccc2s1. The van der Waals surface area contributed by atoms with Crippen molar-refractivity contribution in [1.29, 1.82) is 5.26 Å². The monoisotopic (exact) mass is 444 g/mol. The Hall–Kier alpha value is -3.67. The maximum Gasteiger partial charge on any atom is 0.208 e. The van der Waals surface area contributed by atoms with Gasteiger partial charge in [-0.25, -0.2) is 13.4 Å². The van der Waals surface area contributed by atoms with Gasteiger partial charge >= 0.3 is 0 Å². The van der Waals surface area contributed by atoms with Crippen LogP contribution in [0.5, 0.6) is 0 Å². The number of Topliss-reactive ketones (excluding diaryl/α,β-unsaturated/α-hetero) is 1. The van der Waals surface area contributed by atoms with E-state index in [1.165, 1.54) is 41.7 Å². The molecular formula is C23H12N2O4S2. The van der Waals surface area contributed by atoms with Crippen LogP contribution < -0.4 is 0 Å². The molecule has 0 bridgehead atoms. The lowest BCUT2D eigenvalue weighted by Crippen LogP contribution is -2.21. The van der Waals surface area contributed by atoms with Crippen LogP contribution in [-0.4, -0.2) is 25.0 Å². The number of hydrogen-bond donors (Lipinski definition) is 0. The van der Waals surface area contributed by atoms with Gasteiger partial charge in [0, 0.05) is 16.7 Å². The van der Waals surface area contributed by atoms with Crippen LogP contribution in [0.2, 0.25) is 0 Å². The number of benzene rings is 3. The predicted octanol–water partition coefficient (Wildman–Crippen LogP) is 4.16. The summed E-state index contributed by atoms with van der Waals surface area (Å²) in [6.07, 6.45) is 0. The fraction of sp³-hybridized carbons (Fsp3) is 0.0435. The number of sulfone groups is 1. The van der Waals surface area contributed by atoms with Gasteiger partial charge in [0.1, 0.15) is 5.01 Å². The van der Waals surface area contributed by atoms with Crippen molar-refractivity contribution in [2.45, 2.75) is 15.7 Å². The molecule has 2 heterocycles. The van der Waals surface area contributed by atoms with E-state index in [1.54, 1.807) is 18.2 Å². The van der Waals surface area contributed by atoms with E-state index >= 15 is 0 Å². The minimum atomic E-state index is -3.98. The second-order valence-corrected chi connectivity index (χ2v) is 9.93. The Morgan fingerprint density at radius 2 is 1.68 bits per heavy atom. The number of carbonyl (C=O) groups excluding carboxylic acids is 2. The highest BCUT2D eigenvalue weighted by molar-refractivity contribution is 7.91. The third kappa shape index (κ3) is 2.90. The van der Waals surface area contributed by atoms with E-state index in [1.807, 2.05) is 24.3 Å². The van der Waals surface area contributed by atoms with E-state index in [0.717, 1.165) is 4.70 Å². The maximum absolute atomic E-state index is 13.1. The molecule has 1 atom stereocenters. The molecule has 1 unspecified atom stereocenters. The highest BCUT2D eigenvalue weighted by Gasteiger charge is 2.36. The second kappa shape index (κ2) is 6.94. The molecule has 0 saturated heterocycles. The van der Waals surface area contributed by atoms with Crippen LogP contribution >= 0.6 is 11.3 Å². The molecule has 1 aromatic heterocycles. The average Bonchev–Trinajstić information content (AvgIpc) is 3.21. The van der Waals surface area contributed by atoms with Gasteiger partial charge in [-0.1, -0.05) is 30.3 Å². The third-order valence-electron chi connectivity index (χ3n) is 5.17. The molecule has 1 aliphatic heterocycles. The number of hydrogen-bond acceptors (Lipinski definition) is 7. The van der Waals surface area contributed by atoms with E-state index < -0.39 is 27.3 Å². The summed E-state index contributed by atoms with van der Waals surface area (Å²) >= 11 is 1.25. The van der Waals surface area contributed by atoms with Crippen LogP contribution in [0.4, 0.5) is 0 Å². The second-order valence-electron chi connectivity index (χ2n) is 6.99. The number of aromatic nitrogens is 1. The number of rotatable bonds is 3. The summed E-state index contributed by atoms with van der Waals surface area (Å²) in [5.74, 6) is -2.15. The number of thiazole rings is 1. The molecule has 0 spiro atoms. The summed E-state index contributed by atoms with van der Waals surface area (Å²) in [5.41, 5.74) is 0.855. The first-order valence-electron chi connectivity index (χ1n) is 9.24. The third-order valence-corrected chi connectivity index (χ3v) is 8.12. The van der Waals surface area contributed by atoms with Gasteiger partial charge in [-0.15, -0.1) is 11.3 Å². The Kier molecular flexibility index (Phi) is 4.32. The lowest BCUT2D eigenvalue weighted by molar-refractivity contribution is 0.0975. The summed E-state index contributed by atoms with van der Waals surface area (Å²) < 4.78 is 27.1. The maximum atomic E-state index is 13.1. The zero-order valence-corrected chi connectivity index (χ0v) is 17.4. The Bertz CT molecular complexity index is 1530. The average molecular weight is 444 g/mol. The standard InChI is InChI=1S/C23H12N2O4S2/c24-12-16(23-25-17-6-2-3-7-18(17)30-23)21(26)13-9-10-15-20(11-13)31(28,29)19-8-4-1-5-14(19)22(15)27/h1-11,16H. The highest BCUT2D eigenvalue weighted by atomic mass is 32.2. The molecule has 8 heteroatoms. The Balaban J connectivity index is 1.60. The van der Waals surface area contributed by atoms with Crippen molar-refractivity contribution in [3.63, 3.8) is 0 Å². The summed E-state index contributed by atoms with van der Waals surface area (Å²) in [6, 6.07) is 19.2. The van der Waals surface area contributed by atoms with Gasteiger partial charge in [0.25, 0.3) is 0 Å². The molecule has 0 amide bonds. The summed E-state index contributed by atoms with van der Waals surface area (Å²) in [6.45, 7) is 0. The highest BCUT2D eigenvalue weighted by Crippen LogP contribution is 2.36. The first kappa shape index (κ1) is 19.3. The molecule has 5 rings (SSSR count). The van der Waals surface area contributed by atoms with E-state index in [0.29, 0.717) is 10.5 Å². The summed E-state index contributed by atoms with van der Waals surface area (Å²) in [5, 5.41) is 10.0. The quantitative estimate of drug-likeness (QED) is 0.387.